The second kappa shape index (κ2) is 5.99. The average Bonchev–Trinajstić information content (AvgIpc) is 2.67. The van der Waals surface area contributed by atoms with E-state index in [2.05, 4.69) is 24.5 Å². The van der Waals surface area contributed by atoms with Crippen molar-refractivity contribution in [2.45, 2.75) is 70.2 Å². The third-order valence-electron chi connectivity index (χ3n) is 3.82. The minimum Gasteiger partial charge on any atom is -0.378 e. The van der Waals surface area contributed by atoms with Gasteiger partial charge in [-0.3, -0.25) is 0 Å². The first-order chi connectivity index (χ1) is 7.78. The third kappa shape index (κ3) is 3.44. The Hall–Kier alpha value is -0.120. The normalized spacial score (nSPS) is 36.0. The van der Waals surface area contributed by atoms with E-state index in [9.17, 15) is 0 Å². The molecule has 0 aromatic rings. The molecule has 1 aliphatic heterocycles. The van der Waals surface area contributed by atoms with E-state index in [1.165, 1.54) is 38.6 Å². The fourth-order valence-corrected chi connectivity index (χ4v) is 2.93. The highest BCUT2D eigenvalue weighted by atomic mass is 16.5. The van der Waals surface area contributed by atoms with Gasteiger partial charge in [-0.2, -0.15) is 0 Å². The van der Waals surface area contributed by atoms with Gasteiger partial charge in [0.25, 0.3) is 0 Å². The van der Waals surface area contributed by atoms with Gasteiger partial charge in [0.2, 0.25) is 0 Å². The maximum atomic E-state index is 5.57. The Kier molecular flexibility index (Phi) is 4.62. The van der Waals surface area contributed by atoms with Crippen LogP contribution in [0, 0.1) is 0 Å². The van der Waals surface area contributed by atoms with Gasteiger partial charge in [-0.05, 0) is 52.5 Å². The summed E-state index contributed by atoms with van der Waals surface area (Å²) in [6, 6.07) is 2.10. The van der Waals surface area contributed by atoms with Gasteiger partial charge in [0.1, 0.15) is 0 Å². The standard InChI is InChI=1S/C13H26N2O/c1-3-16-13-8-12(9-13)15-10(2)7-11-5-4-6-14-11/h10-15H,3-9H2,1-2H3. The maximum absolute atomic E-state index is 5.57. The SMILES string of the molecule is CCOC1CC(NC(C)CC2CCCN2)C1. The van der Waals surface area contributed by atoms with Crippen LogP contribution in [-0.4, -0.2) is 37.4 Å². The lowest BCUT2D eigenvalue weighted by molar-refractivity contribution is -0.0123. The monoisotopic (exact) mass is 226 g/mol. The first-order valence-corrected chi connectivity index (χ1v) is 6.89. The predicted molar refractivity (Wildman–Crippen MR) is 66.7 cm³/mol. The van der Waals surface area contributed by atoms with Crippen molar-refractivity contribution in [1.82, 2.24) is 10.6 Å². The van der Waals surface area contributed by atoms with Crippen LogP contribution in [0.15, 0.2) is 0 Å². The minimum atomic E-state index is 0.527. The molecule has 2 aliphatic rings. The predicted octanol–water partition coefficient (Wildman–Crippen LogP) is 1.67. The Morgan fingerprint density at radius 2 is 2.25 bits per heavy atom. The van der Waals surface area contributed by atoms with Crippen molar-refractivity contribution in [3.05, 3.63) is 0 Å². The zero-order valence-electron chi connectivity index (χ0n) is 10.7. The molecule has 0 spiro atoms. The largest absolute Gasteiger partial charge is 0.378 e. The summed E-state index contributed by atoms with van der Waals surface area (Å²) in [7, 11) is 0. The van der Waals surface area contributed by atoms with Gasteiger partial charge in [-0.15, -0.1) is 0 Å². The van der Waals surface area contributed by atoms with E-state index < -0.39 is 0 Å². The van der Waals surface area contributed by atoms with Crippen LogP contribution in [0.1, 0.15) is 46.0 Å². The molecule has 3 heteroatoms. The summed E-state index contributed by atoms with van der Waals surface area (Å²) in [5.41, 5.74) is 0. The maximum Gasteiger partial charge on any atom is 0.0604 e. The van der Waals surface area contributed by atoms with Gasteiger partial charge in [-0.25, -0.2) is 0 Å². The van der Waals surface area contributed by atoms with Crippen LogP contribution in [-0.2, 0) is 4.74 Å². The molecular weight excluding hydrogens is 200 g/mol. The molecule has 2 unspecified atom stereocenters. The van der Waals surface area contributed by atoms with Gasteiger partial charge < -0.3 is 15.4 Å². The van der Waals surface area contributed by atoms with Gasteiger partial charge in [-0.1, -0.05) is 0 Å². The summed E-state index contributed by atoms with van der Waals surface area (Å²) >= 11 is 0. The molecule has 1 saturated heterocycles. The molecule has 16 heavy (non-hydrogen) atoms. The van der Waals surface area contributed by atoms with Gasteiger partial charge >= 0.3 is 0 Å². The van der Waals surface area contributed by atoms with Crippen molar-refractivity contribution in [3.63, 3.8) is 0 Å². The van der Waals surface area contributed by atoms with Crippen LogP contribution in [0.3, 0.4) is 0 Å². The quantitative estimate of drug-likeness (QED) is 0.723. The molecule has 0 amide bonds. The van der Waals surface area contributed by atoms with Crippen molar-refractivity contribution in [2.24, 2.45) is 0 Å². The van der Waals surface area contributed by atoms with E-state index in [-0.39, 0.29) is 0 Å². The van der Waals surface area contributed by atoms with Crippen LogP contribution in [0.4, 0.5) is 0 Å². The number of ether oxygens (including phenoxy) is 1. The lowest BCUT2D eigenvalue weighted by Gasteiger charge is -2.37. The molecule has 0 radical (unpaired) electrons. The Labute approximate surface area is 99.3 Å². The van der Waals surface area contributed by atoms with E-state index in [1.54, 1.807) is 0 Å². The molecule has 0 aromatic heterocycles. The van der Waals surface area contributed by atoms with Gasteiger partial charge in [0.05, 0.1) is 6.10 Å². The Morgan fingerprint density at radius 3 is 2.88 bits per heavy atom. The van der Waals surface area contributed by atoms with E-state index in [0.717, 1.165) is 12.6 Å². The van der Waals surface area contributed by atoms with Gasteiger partial charge in [0, 0.05) is 24.7 Å². The summed E-state index contributed by atoms with van der Waals surface area (Å²) in [6.07, 6.45) is 6.92. The highest BCUT2D eigenvalue weighted by Gasteiger charge is 2.30. The molecule has 2 rings (SSSR count). The van der Waals surface area contributed by atoms with E-state index in [0.29, 0.717) is 18.2 Å². The topological polar surface area (TPSA) is 33.3 Å². The fraction of sp³-hybridized carbons (Fsp3) is 1.00. The van der Waals surface area contributed by atoms with E-state index in [1.807, 2.05) is 0 Å². The lowest BCUT2D eigenvalue weighted by atomic mass is 9.88. The first kappa shape index (κ1) is 12.3. The Balaban J connectivity index is 1.56. The molecule has 0 bridgehead atoms. The zero-order valence-corrected chi connectivity index (χ0v) is 10.7. The molecule has 0 aromatic carbocycles. The number of rotatable bonds is 6. The second-order valence-corrected chi connectivity index (χ2v) is 5.34. The minimum absolute atomic E-state index is 0.527. The van der Waals surface area contributed by atoms with Crippen molar-refractivity contribution in [3.8, 4) is 0 Å². The average molecular weight is 226 g/mol. The molecule has 2 fully saturated rings. The number of hydrogen-bond donors (Lipinski definition) is 2. The zero-order chi connectivity index (χ0) is 11.4. The molecular formula is C13H26N2O. The number of hydrogen-bond acceptors (Lipinski definition) is 3. The number of nitrogens with one attached hydrogen (secondary N) is 2. The Morgan fingerprint density at radius 1 is 1.44 bits per heavy atom. The second-order valence-electron chi connectivity index (χ2n) is 5.34. The summed E-state index contributed by atoms with van der Waals surface area (Å²) < 4.78 is 5.57. The highest BCUT2D eigenvalue weighted by molar-refractivity contribution is 4.89. The van der Waals surface area contributed by atoms with Gasteiger partial charge in [0.15, 0.2) is 0 Å². The van der Waals surface area contributed by atoms with Crippen LogP contribution >= 0.6 is 0 Å². The van der Waals surface area contributed by atoms with Crippen molar-refractivity contribution in [1.29, 1.82) is 0 Å². The molecule has 2 atom stereocenters. The van der Waals surface area contributed by atoms with Crippen molar-refractivity contribution < 1.29 is 4.74 Å². The van der Waals surface area contributed by atoms with E-state index >= 15 is 0 Å². The van der Waals surface area contributed by atoms with Crippen LogP contribution < -0.4 is 10.6 Å². The molecule has 1 saturated carbocycles. The summed E-state index contributed by atoms with van der Waals surface area (Å²) in [5.74, 6) is 0. The Bertz CT molecular complexity index is 198. The fourth-order valence-electron chi connectivity index (χ4n) is 2.93. The lowest BCUT2D eigenvalue weighted by Crippen LogP contribution is -2.49. The van der Waals surface area contributed by atoms with Crippen molar-refractivity contribution >= 4 is 0 Å². The molecule has 2 N–H and O–H groups in total. The summed E-state index contributed by atoms with van der Waals surface area (Å²) in [6.45, 7) is 6.47. The van der Waals surface area contributed by atoms with Crippen LogP contribution in [0.2, 0.25) is 0 Å². The summed E-state index contributed by atoms with van der Waals surface area (Å²) in [4.78, 5) is 0. The highest BCUT2D eigenvalue weighted by Crippen LogP contribution is 2.24. The van der Waals surface area contributed by atoms with Crippen LogP contribution in [0.25, 0.3) is 0 Å². The van der Waals surface area contributed by atoms with Crippen LogP contribution in [0.5, 0.6) is 0 Å². The third-order valence-corrected chi connectivity index (χ3v) is 3.82. The molecule has 94 valence electrons. The molecule has 1 aliphatic carbocycles. The first-order valence-electron chi connectivity index (χ1n) is 6.89. The molecule has 3 nitrogen and oxygen atoms in total. The van der Waals surface area contributed by atoms with E-state index in [4.69, 9.17) is 4.74 Å². The van der Waals surface area contributed by atoms with Crippen molar-refractivity contribution in [2.75, 3.05) is 13.2 Å². The smallest absolute Gasteiger partial charge is 0.0604 e. The molecule has 1 heterocycles. The summed E-state index contributed by atoms with van der Waals surface area (Å²) in [5, 5.41) is 7.27.